The molecule has 2 aromatic heterocycles. The van der Waals surface area contributed by atoms with Crippen LogP contribution in [0.5, 0.6) is 11.5 Å². The molecule has 3 heterocycles. The van der Waals surface area contributed by atoms with Crippen molar-refractivity contribution < 1.29 is 27.6 Å². The van der Waals surface area contributed by atoms with Crippen molar-refractivity contribution in [3.63, 3.8) is 0 Å². The molecule has 3 aromatic rings. The molecule has 7 nitrogen and oxygen atoms in total. The van der Waals surface area contributed by atoms with Crippen LogP contribution in [0.1, 0.15) is 46.8 Å². The first-order valence-corrected chi connectivity index (χ1v) is 9.88. The smallest absolute Gasteiger partial charge is 0.395 e. The van der Waals surface area contributed by atoms with Crippen molar-refractivity contribution in [2.45, 2.75) is 46.8 Å². The first-order chi connectivity index (χ1) is 14.7. The van der Waals surface area contributed by atoms with Gasteiger partial charge in [0.2, 0.25) is 0 Å². The highest BCUT2D eigenvalue weighted by atomic mass is 19.3. The fourth-order valence-corrected chi connectivity index (χ4v) is 3.56. The molecule has 1 aliphatic rings. The van der Waals surface area contributed by atoms with Gasteiger partial charge in [0.25, 0.3) is 5.91 Å². The lowest BCUT2D eigenvalue weighted by molar-refractivity contribution is -0.286. The molecule has 0 unspecified atom stereocenters. The van der Waals surface area contributed by atoms with Crippen LogP contribution in [0.25, 0.3) is 11.3 Å². The third kappa shape index (κ3) is 3.83. The van der Waals surface area contributed by atoms with Crippen LogP contribution in [0.15, 0.2) is 28.9 Å². The zero-order valence-electron chi connectivity index (χ0n) is 17.5. The molecule has 0 saturated carbocycles. The van der Waals surface area contributed by atoms with Crippen molar-refractivity contribution >= 4 is 11.6 Å². The third-order valence-electron chi connectivity index (χ3n) is 5.14. The Morgan fingerprint density at radius 3 is 2.48 bits per heavy atom. The number of pyridine rings is 1. The van der Waals surface area contributed by atoms with Gasteiger partial charge in [0, 0.05) is 5.56 Å². The Kier molecular flexibility index (Phi) is 5.12. The number of aryl methyl sites for hydroxylation is 4. The monoisotopic (exact) mass is 429 g/mol. The zero-order chi connectivity index (χ0) is 22.3. The van der Waals surface area contributed by atoms with Crippen LogP contribution in [0.4, 0.5) is 14.5 Å². The summed E-state index contributed by atoms with van der Waals surface area (Å²) in [5.41, 5.74) is 4.32. The van der Waals surface area contributed by atoms with E-state index in [-0.39, 0.29) is 17.4 Å². The third-order valence-corrected chi connectivity index (χ3v) is 5.14. The molecule has 4 rings (SSSR count). The van der Waals surface area contributed by atoms with E-state index in [0.29, 0.717) is 52.4 Å². The van der Waals surface area contributed by atoms with Gasteiger partial charge in [0.1, 0.15) is 11.3 Å². The minimum atomic E-state index is -3.68. The summed E-state index contributed by atoms with van der Waals surface area (Å²) in [7, 11) is 0. The SMILES string of the molecule is CCc1cc(-c2cc3c(cc2C)OC(F)(F)O3)ncc1NC(=O)c1c(CC)noc1C. The number of amides is 1. The average Bonchev–Trinajstić information content (AvgIpc) is 3.24. The number of nitrogens with zero attached hydrogens (tertiary/aromatic N) is 2. The first-order valence-electron chi connectivity index (χ1n) is 9.88. The lowest BCUT2D eigenvalue weighted by Gasteiger charge is -2.13. The Balaban J connectivity index is 1.65. The summed E-state index contributed by atoms with van der Waals surface area (Å²) in [5.74, 6) is 0.0747. The number of carbonyl (C=O) groups excluding carboxylic acids is 1. The molecule has 1 aromatic carbocycles. The van der Waals surface area contributed by atoms with E-state index < -0.39 is 6.29 Å². The number of hydrogen-bond acceptors (Lipinski definition) is 6. The van der Waals surface area contributed by atoms with E-state index in [0.717, 1.165) is 5.56 Å². The molecule has 0 aliphatic carbocycles. The molecule has 1 N–H and O–H groups in total. The quantitative estimate of drug-likeness (QED) is 0.611. The van der Waals surface area contributed by atoms with E-state index in [4.69, 9.17) is 4.52 Å². The van der Waals surface area contributed by atoms with Crippen molar-refractivity contribution in [1.29, 1.82) is 0 Å². The lowest BCUT2D eigenvalue weighted by atomic mass is 10.0. The maximum Gasteiger partial charge on any atom is 0.586 e. The number of anilines is 1. The molecule has 1 aliphatic heterocycles. The van der Waals surface area contributed by atoms with E-state index >= 15 is 0 Å². The standard InChI is InChI=1S/C22H21F2N3O4/c1-5-13-8-16(14-9-19-18(7-11(14)3)29-22(23,24)30-19)25-10-17(13)26-21(28)20-12(4)31-27-15(20)6-2/h7-10H,5-6H2,1-4H3,(H,26,28). The summed E-state index contributed by atoms with van der Waals surface area (Å²) in [6.45, 7) is 7.31. The van der Waals surface area contributed by atoms with Gasteiger partial charge < -0.3 is 19.3 Å². The summed E-state index contributed by atoms with van der Waals surface area (Å²) in [6.07, 6.45) is -0.934. The van der Waals surface area contributed by atoms with E-state index in [1.165, 1.54) is 12.1 Å². The fourth-order valence-electron chi connectivity index (χ4n) is 3.56. The number of carbonyl (C=O) groups is 1. The van der Waals surface area contributed by atoms with E-state index in [1.807, 2.05) is 19.9 Å². The Morgan fingerprint density at radius 2 is 1.81 bits per heavy atom. The maximum absolute atomic E-state index is 13.4. The Hall–Kier alpha value is -3.49. The molecule has 0 saturated heterocycles. The van der Waals surface area contributed by atoms with Crippen molar-refractivity contribution in [2.24, 2.45) is 0 Å². The van der Waals surface area contributed by atoms with Crippen molar-refractivity contribution in [1.82, 2.24) is 10.1 Å². The fraction of sp³-hybridized carbons (Fsp3) is 0.318. The van der Waals surface area contributed by atoms with Crippen LogP contribution in [0, 0.1) is 13.8 Å². The average molecular weight is 429 g/mol. The molecule has 9 heteroatoms. The number of hydrogen-bond donors (Lipinski definition) is 1. The number of aromatic nitrogens is 2. The second-order valence-electron chi connectivity index (χ2n) is 7.23. The molecule has 0 bridgehead atoms. The van der Waals surface area contributed by atoms with Gasteiger partial charge in [-0.05, 0) is 56.0 Å². The Labute approximate surface area is 177 Å². The Morgan fingerprint density at radius 1 is 1.10 bits per heavy atom. The molecule has 0 spiro atoms. The Bertz CT molecular complexity index is 1170. The topological polar surface area (TPSA) is 86.5 Å². The summed E-state index contributed by atoms with van der Waals surface area (Å²) in [5, 5.41) is 6.79. The number of halogens is 2. The van der Waals surface area contributed by atoms with Crippen LogP contribution in [-0.2, 0) is 12.8 Å². The van der Waals surface area contributed by atoms with Gasteiger partial charge in [0.05, 0.1) is 23.3 Å². The molecule has 31 heavy (non-hydrogen) atoms. The second-order valence-corrected chi connectivity index (χ2v) is 7.23. The van der Waals surface area contributed by atoms with Gasteiger partial charge in [-0.1, -0.05) is 19.0 Å². The van der Waals surface area contributed by atoms with Crippen molar-refractivity contribution in [3.8, 4) is 22.8 Å². The number of benzene rings is 1. The molecule has 0 atom stereocenters. The molecular weight excluding hydrogens is 408 g/mol. The predicted molar refractivity (Wildman–Crippen MR) is 109 cm³/mol. The number of nitrogens with one attached hydrogen (secondary N) is 1. The summed E-state index contributed by atoms with van der Waals surface area (Å²) in [4.78, 5) is 17.2. The van der Waals surface area contributed by atoms with Crippen LogP contribution < -0.4 is 14.8 Å². The van der Waals surface area contributed by atoms with Gasteiger partial charge in [0.15, 0.2) is 11.5 Å². The number of ether oxygens (including phenoxy) is 2. The summed E-state index contributed by atoms with van der Waals surface area (Å²) >= 11 is 0. The summed E-state index contributed by atoms with van der Waals surface area (Å²) < 4.78 is 41.0. The lowest BCUT2D eigenvalue weighted by Crippen LogP contribution is -2.25. The largest absolute Gasteiger partial charge is 0.586 e. The van der Waals surface area contributed by atoms with Gasteiger partial charge >= 0.3 is 6.29 Å². The molecule has 162 valence electrons. The highest BCUT2D eigenvalue weighted by Crippen LogP contribution is 2.44. The van der Waals surface area contributed by atoms with Crippen molar-refractivity contribution in [3.05, 3.63) is 52.5 Å². The van der Waals surface area contributed by atoms with Crippen LogP contribution in [-0.4, -0.2) is 22.3 Å². The van der Waals surface area contributed by atoms with Crippen LogP contribution in [0.2, 0.25) is 0 Å². The van der Waals surface area contributed by atoms with E-state index in [2.05, 4.69) is 24.9 Å². The van der Waals surface area contributed by atoms with Gasteiger partial charge in [-0.15, -0.1) is 8.78 Å². The second kappa shape index (κ2) is 7.64. The van der Waals surface area contributed by atoms with E-state index in [9.17, 15) is 13.6 Å². The number of fused-ring (bicyclic) bond motifs is 1. The minimum absolute atomic E-state index is 0.0123. The van der Waals surface area contributed by atoms with Crippen LogP contribution >= 0.6 is 0 Å². The maximum atomic E-state index is 13.4. The van der Waals surface area contributed by atoms with Gasteiger partial charge in [-0.3, -0.25) is 9.78 Å². The van der Waals surface area contributed by atoms with Gasteiger partial charge in [-0.25, -0.2) is 0 Å². The minimum Gasteiger partial charge on any atom is -0.395 e. The normalized spacial score (nSPS) is 14.0. The zero-order valence-corrected chi connectivity index (χ0v) is 17.5. The number of alkyl halides is 2. The molecular formula is C22H21F2N3O4. The van der Waals surface area contributed by atoms with Gasteiger partial charge in [-0.2, -0.15) is 0 Å². The molecule has 0 radical (unpaired) electrons. The highest BCUT2D eigenvalue weighted by molar-refractivity contribution is 6.06. The first kappa shape index (κ1) is 20.8. The highest BCUT2D eigenvalue weighted by Gasteiger charge is 2.43. The van der Waals surface area contributed by atoms with Crippen LogP contribution in [0.3, 0.4) is 0 Å². The number of rotatable bonds is 5. The van der Waals surface area contributed by atoms with E-state index in [1.54, 1.807) is 20.0 Å². The molecule has 0 fully saturated rings. The predicted octanol–water partition coefficient (Wildman–Crippen LogP) is 5.05. The molecule has 1 amide bonds. The summed E-state index contributed by atoms with van der Waals surface area (Å²) in [6, 6.07) is 4.80. The van der Waals surface area contributed by atoms with Crippen molar-refractivity contribution in [2.75, 3.05) is 5.32 Å².